The minimum atomic E-state index is -0.220. The van der Waals surface area contributed by atoms with Gasteiger partial charge in [-0.2, -0.15) is 0 Å². The van der Waals surface area contributed by atoms with Gasteiger partial charge >= 0.3 is 0 Å². The maximum absolute atomic E-state index is 13.3. The van der Waals surface area contributed by atoms with Gasteiger partial charge in [-0.05, 0) is 104 Å². The van der Waals surface area contributed by atoms with Crippen molar-refractivity contribution in [2.75, 3.05) is 0 Å². The van der Waals surface area contributed by atoms with Crippen LogP contribution in [0.3, 0.4) is 0 Å². The summed E-state index contributed by atoms with van der Waals surface area (Å²) in [5.41, 5.74) is 10.6. The third-order valence-electron chi connectivity index (χ3n) is 8.04. The van der Waals surface area contributed by atoms with E-state index in [1.165, 1.54) is 39.6 Å². The number of hydrogen-bond donors (Lipinski definition) is 0. The van der Waals surface area contributed by atoms with Crippen LogP contribution in [0, 0.1) is 5.82 Å². The maximum Gasteiger partial charge on any atom is 0.227 e. The molecule has 0 bridgehead atoms. The highest BCUT2D eigenvalue weighted by Gasteiger charge is 2.10. The molecule has 3 heteroatoms. The average Bonchev–Trinajstić information content (AvgIpc) is 3.43. The molecular weight excluding hydrogens is 517 g/mol. The lowest BCUT2D eigenvalue weighted by atomic mass is 9.95. The summed E-state index contributed by atoms with van der Waals surface area (Å²) < 4.78 is 19.2. The molecule has 2 nitrogen and oxygen atoms in total. The Kier molecular flexibility index (Phi) is 5.68. The Morgan fingerprint density at radius 1 is 0.429 bits per heavy atom. The topological polar surface area (TPSA) is 26.0 Å². The van der Waals surface area contributed by atoms with Gasteiger partial charge < -0.3 is 4.42 Å². The fraction of sp³-hybridized carbons (Fsp3) is 0. The number of halogens is 1. The highest BCUT2D eigenvalue weighted by molar-refractivity contribution is 6.05. The molecule has 0 spiro atoms. The Labute approximate surface area is 242 Å². The molecule has 198 valence electrons. The van der Waals surface area contributed by atoms with Gasteiger partial charge in [0.25, 0.3) is 0 Å². The van der Waals surface area contributed by atoms with E-state index in [2.05, 4.69) is 108 Å². The molecule has 2 aromatic heterocycles. The first-order valence-electron chi connectivity index (χ1n) is 14.0. The van der Waals surface area contributed by atoms with Crippen LogP contribution in [0.15, 0.2) is 150 Å². The summed E-state index contributed by atoms with van der Waals surface area (Å²) >= 11 is 0. The summed E-state index contributed by atoms with van der Waals surface area (Å²) in [6.07, 6.45) is 1.76. The lowest BCUT2D eigenvalue weighted by Crippen LogP contribution is -1.84. The molecule has 0 aliphatic rings. The number of benzene rings is 6. The van der Waals surface area contributed by atoms with E-state index in [0.29, 0.717) is 5.71 Å². The smallest absolute Gasteiger partial charge is 0.227 e. The lowest BCUT2D eigenvalue weighted by molar-refractivity contribution is 0.628. The molecule has 0 unspecified atom stereocenters. The van der Waals surface area contributed by atoms with Crippen LogP contribution < -0.4 is 0 Å². The third kappa shape index (κ3) is 4.32. The maximum atomic E-state index is 13.3. The number of rotatable bonds is 4. The Hall–Kier alpha value is -5.54. The van der Waals surface area contributed by atoms with E-state index < -0.39 is 0 Å². The highest BCUT2D eigenvalue weighted by atomic mass is 19.1. The number of nitrogens with zero attached hydrogens (tertiary/aromatic N) is 1. The Morgan fingerprint density at radius 3 is 1.45 bits per heavy atom. The molecule has 8 rings (SSSR count). The van der Waals surface area contributed by atoms with Crippen molar-refractivity contribution < 1.29 is 8.81 Å². The molecule has 0 fully saturated rings. The van der Waals surface area contributed by atoms with Crippen molar-refractivity contribution >= 4 is 32.8 Å². The molecular formula is C39H24FNO. The van der Waals surface area contributed by atoms with Gasteiger partial charge in [0, 0.05) is 17.0 Å². The second kappa shape index (κ2) is 9.83. The Morgan fingerprint density at radius 2 is 0.881 bits per heavy atom. The second-order valence-corrected chi connectivity index (χ2v) is 10.6. The summed E-state index contributed by atoms with van der Waals surface area (Å²) in [5, 5.41) is 4.52. The van der Waals surface area contributed by atoms with E-state index in [-0.39, 0.29) is 5.82 Å². The van der Waals surface area contributed by atoms with Gasteiger partial charge in [-0.1, -0.05) is 91.0 Å². The van der Waals surface area contributed by atoms with Crippen molar-refractivity contribution in [2.24, 2.45) is 0 Å². The summed E-state index contributed by atoms with van der Waals surface area (Å²) in [7, 11) is 0. The number of hydrogen-bond acceptors (Lipinski definition) is 2. The van der Waals surface area contributed by atoms with Crippen LogP contribution in [-0.2, 0) is 0 Å². The van der Waals surface area contributed by atoms with E-state index in [1.807, 2.05) is 24.3 Å². The molecule has 6 aromatic carbocycles. The summed E-state index contributed by atoms with van der Waals surface area (Å²) in [5.74, 6) is -0.220. The van der Waals surface area contributed by atoms with Gasteiger partial charge in [-0.15, -0.1) is 0 Å². The zero-order valence-electron chi connectivity index (χ0n) is 22.6. The molecule has 0 atom stereocenters. The molecule has 0 aliphatic heterocycles. The van der Waals surface area contributed by atoms with Crippen molar-refractivity contribution in [2.45, 2.75) is 0 Å². The second-order valence-electron chi connectivity index (χ2n) is 10.6. The molecule has 0 N–H and O–H groups in total. The van der Waals surface area contributed by atoms with Crippen LogP contribution in [0.4, 0.5) is 4.39 Å². The first-order chi connectivity index (χ1) is 20.7. The van der Waals surface area contributed by atoms with Crippen LogP contribution in [0.25, 0.3) is 77.3 Å². The van der Waals surface area contributed by atoms with Crippen LogP contribution in [0.2, 0.25) is 0 Å². The van der Waals surface area contributed by atoms with E-state index in [0.717, 1.165) is 44.2 Å². The van der Waals surface area contributed by atoms with Gasteiger partial charge in [0.15, 0.2) is 0 Å². The summed E-state index contributed by atoms with van der Waals surface area (Å²) in [6.45, 7) is 0. The van der Waals surface area contributed by atoms with E-state index in [4.69, 9.17) is 4.42 Å². The van der Waals surface area contributed by atoms with Gasteiger partial charge in [0.1, 0.15) is 11.4 Å². The number of pyridine rings is 1. The summed E-state index contributed by atoms with van der Waals surface area (Å²) in [4.78, 5) is 4.35. The fourth-order valence-electron chi connectivity index (χ4n) is 5.75. The minimum Gasteiger partial charge on any atom is -0.438 e. The average molecular weight is 542 g/mol. The monoisotopic (exact) mass is 541 g/mol. The number of fused-ring (bicyclic) bond motifs is 4. The normalized spacial score (nSPS) is 11.5. The van der Waals surface area contributed by atoms with Crippen molar-refractivity contribution in [1.82, 2.24) is 4.98 Å². The number of furan rings is 1. The molecule has 2 heterocycles. The predicted molar refractivity (Wildman–Crippen MR) is 171 cm³/mol. The largest absolute Gasteiger partial charge is 0.438 e. The van der Waals surface area contributed by atoms with Crippen molar-refractivity contribution in [3.63, 3.8) is 0 Å². The lowest BCUT2D eigenvalue weighted by Gasteiger charge is -2.09. The van der Waals surface area contributed by atoms with E-state index in [1.54, 1.807) is 6.20 Å². The summed E-state index contributed by atoms with van der Waals surface area (Å²) in [6, 6.07) is 47.3. The minimum absolute atomic E-state index is 0.220. The fourth-order valence-corrected chi connectivity index (χ4v) is 5.75. The Balaban J connectivity index is 1.05. The van der Waals surface area contributed by atoms with Gasteiger partial charge in [-0.25, -0.2) is 9.37 Å². The van der Waals surface area contributed by atoms with Gasteiger partial charge in [0.2, 0.25) is 5.71 Å². The van der Waals surface area contributed by atoms with Crippen molar-refractivity contribution in [3.8, 4) is 44.5 Å². The first kappa shape index (κ1) is 24.3. The van der Waals surface area contributed by atoms with Gasteiger partial charge in [0.05, 0.1) is 0 Å². The van der Waals surface area contributed by atoms with Crippen LogP contribution in [0.1, 0.15) is 0 Å². The molecule has 42 heavy (non-hydrogen) atoms. The van der Waals surface area contributed by atoms with E-state index >= 15 is 0 Å². The molecule has 8 aromatic rings. The third-order valence-corrected chi connectivity index (χ3v) is 8.04. The van der Waals surface area contributed by atoms with Crippen LogP contribution in [-0.4, -0.2) is 4.98 Å². The first-order valence-corrected chi connectivity index (χ1v) is 14.0. The molecule has 0 amide bonds. The molecule has 0 saturated carbocycles. The standard InChI is InChI=1S/C39H24FNO/c40-35-18-15-26(16-19-35)25-3-5-27(6-4-25)30-11-13-33-23-31(12-14-32(33)22-30)28-7-9-29(10-8-28)34-17-20-38-37(24-34)36-2-1-21-41-39(36)42-38/h1-24H. The Bertz CT molecular complexity index is 2230. The quantitative estimate of drug-likeness (QED) is 0.221. The van der Waals surface area contributed by atoms with Crippen molar-refractivity contribution in [1.29, 1.82) is 0 Å². The molecule has 0 saturated heterocycles. The molecule has 0 radical (unpaired) electrons. The van der Waals surface area contributed by atoms with Crippen LogP contribution in [0.5, 0.6) is 0 Å². The van der Waals surface area contributed by atoms with Gasteiger partial charge in [-0.3, -0.25) is 0 Å². The van der Waals surface area contributed by atoms with E-state index in [9.17, 15) is 4.39 Å². The molecule has 0 aliphatic carbocycles. The zero-order valence-corrected chi connectivity index (χ0v) is 22.6. The SMILES string of the molecule is Fc1ccc(-c2ccc(-c3ccc4cc(-c5ccc(-c6ccc7oc8ncccc8c7c6)cc5)ccc4c3)cc2)cc1. The zero-order chi connectivity index (χ0) is 28.0. The predicted octanol–water partition coefficient (Wildman–Crippen LogP) is 10.9. The highest BCUT2D eigenvalue weighted by Crippen LogP contribution is 2.34. The number of aromatic nitrogens is 1. The van der Waals surface area contributed by atoms with Crippen LogP contribution >= 0.6 is 0 Å². The van der Waals surface area contributed by atoms with Crippen molar-refractivity contribution in [3.05, 3.63) is 152 Å².